The molecule has 0 bridgehead atoms. The monoisotopic (exact) mass is 534 g/mol. The highest BCUT2D eigenvalue weighted by Crippen LogP contribution is 2.49. The third-order valence-electron chi connectivity index (χ3n) is 5.67. The quantitative estimate of drug-likeness (QED) is 0.258. The molecule has 0 saturated heterocycles. The summed E-state index contributed by atoms with van der Waals surface area (Å²) in [6.07, 6.45) is 0.963. The van der Waals surface area contributed by atoms with Crippen LogP contribution in [0.3, 0.4) is 0 Å². The molecular formula is C29H34N4O4S. The van der Waals surface area contributed by atoms with Gasteiger partial charge in [-0.25, -0.2) is 0 Å². The Labute approximate surface area is 226 Å². The Balaban J connectivity index is 0.000000443. The lowest BCUT2D eigenvalue weighted by Crippen LogP contribution is -2.23. The number of hydrogen-bond donors (Lipinski definition) is 4. The number of hydrogen-bond acceptors (Lipinski definition) is 6. The van der Waals surface area contributed by atoms with Crippen molar-refractivity contribution in [3.05, 3.63) is 72.8 Å². The van der Waals surface area contributed by atoms with Crippen molar-refractivity contribution in [1.29, 1.82) is 0 Å². The van der Waals surface area contributed by atoms with Crippen LogP contribution in [0.4, 0.5) is 11.4 Å². The maximum Gasteiger partial charge on any atom is 0.300 e. The number of nitrogens with zero attached hydrogens (tertiary/aromatic N) is 2. The third-order valence-corrected chi connectivity index (χ3v) is 6.78. The van der Waals surface area contributed by atoms with E-state index < -0.39 is 11.9 Å². The minimum Gasteiger partial charge on any atom is -0.481 e. The predicted octanol–water partition coefficient (Wildman–Crippen LogP) is 5.40. The number of carbonyl (C=O) groups is 2. The zero-order valence-corrected chi connectivity index (χ0v) is 22.4. The summed E-state index contributed by atoms with van der Waals surface area (Å²) in [6, 6.07) is 26.3. The van der Waals surface area contributed by atoms with E-state index in [1.807, 2.05) is 11.8 Å². The Morgan fingerprint density at radius 1 is 0.789 bits per heavy atom. The first-order valence-corrected chi connectivity index (χ1v) is 13.1. The lowest BCUT2D eigenvalue weighted by molar-refractivity contribution is -0.135. The van der Waals surface area contributed by atoms with Crippen molar-refractivity contribution >= 4 is 46.0 Å². The molecule has 0 radical (unpaired) electrons. The molecule has 5 rings (SSSR count). The molecule has 8 nitrogen and oxygen atoms in total. The number of benzene rings is 3. The maximum atomic E-state index is 9.00. The van der Waals surface area contributed by atoms with Crippen LogP contribution in [-0.2, 0) is 16.1 Å². The van der Waals surface area contributed by atoms with Gasteiger partial charge in [-0.15, -0.1) is 0 Å². The summed E-state index contributed by atoms with van der Waals surface area (Å²) in [5, 5.41) is 16.1. The van der Waals surface area contributed by atoms with E-state index in [0.29, 0.717) is 13.1 Å². The van der Waals surface area contributed by atoms with Crippen LogP contribution in [0, 0.1) is 0 Å². The predicted molar refractivity (Wildman–Crippen MR) is 154 cm³/mol. The highest BCUT2D eigenvalue weighted by atomic mass is 32.2. The first-order chi connectivity index (χ1) is 18.3. The average molecular weight is 535 g/mol. The van der Waals surface area contributed by atoms with E-state index in [1.165, 1.54) is 43.3 Å². The van der Waals surface area contributed by atoms with Crippen LogP contribution in [0.25, 0.3) is 22.2 Å². The van der Waals surface area contributed by atoms with E-state index in [2.05, 4.69) is 82.3 Å². The summed E-state index contributed by atoms with van der Waals surface area (Å²) < 4.78 is 2.34. The van der Waals surface area contributed by atoms with Crippen LogP contribution in [0.5, 0.6) is 0 Å². The van der Waals surface area contributed by atoms with Gasteiger partial charge in [-0.1, -0.05) is 48.2 Å². The van der Waals surface area contributed by atoms with Crippen LogP contribution in [-0.4, -0.2) is 46.4 Å². The van der Waals surface area contributed by atoms with Gasteiger partial charge in [0.05, 0.1) is 11.4 Å². The van der Waals surface area contributed by atoms with Gasteiger partial charge in [0.15, 0.2) is 0 Å². The van der Waals surface area contributed by atoms with Gasteiger partial charge < -0.3 is 31.1 Å². The topological polar surface area (TPSA) is 135 Å². The van der Waals surface area contributed by atoms with Crippen LogP contribution in [0.15, 0.2) is 82.6 Å². The molecular weight excluding hydrogens is 500 g/mol. The van der Waals surface area contributed by atoms with Gasteiger partial charge in [-0.2, -0.15) is 0 Å². The van der Waals surface area contributed by atoms with E-state index in [1.54, 1.807) is 0 Å². The lowest BCUT2D eigenvalue weighted by Gasteiger charge is -2.33. The minimum absolute atomic E-state index is 0.617. The summed E-state index contributed by atoms with van der Waals surface area (Å²) in [5.74, 6) is -1.67. The molecule has 0 aliphatic carbocycles. The third kappa shape index (κ3) is 7.16. The van der Waals surface area contributed by atoms with Crippen LogP contribution in [0.1, 0.15) is 20.3 Å². The Bertz CT molecular complexity index is 1380. The molecule has 0 spiro atoms. The molecule has 0 atom stereocenters. The first-order valence-electron chi connectivity index (χ1n) is 12.3. The smallest absolute Gasteiger partial charge is 0.300 e. The van der Waals surface area contributed by atoms with Crippen molar-refractivity contribution in [2.45, 2.75) is 36.6 Å². The standard InChI is InChI=1S/C25H26N4S.2C2H4O2/c26-12-5-14-28-21-8-3-4-9-24(21)30-25-17-19(10-11-22(25)28)23-16-18-6-1-2-7-20(18)29(23)15-13-27;2*1-2(3)4/h1-4,6-11,16-17H,5,12-15,26-27H2;2*1H3,(H,3,4). The van der Waals surface area contributed by atoms with Gasteiger partial charge >= 0.3 is 0 Å². The number of fused-ring (bicyclic) bond motifs is 3. The van der Waals surface area contributed by atoms with Crippen molar-refractivity contribution in [2.75, 3.05) is 24.5 Å². The second-order valence-corrected chi connectivity index (χ2v) is 9.70. The maximum absolute atomic E-state index is 9.00. The summed E-state index contributed by atoms with van der Waals surface area (Å²) in [7, 11) is 0. The molecule has 0 saturated carbocycles. The van der Waals surface area contributed by atoms with E-state index in [-0.39, 0.29) is 0 Å². The van der Waals surface area contributed by atoms with Crippen LogP contribution >= 0.6 is 11.8 Å². The highest BCUT2D eigenvalue weighted by molar-refractivity contribution is 7.99. The molecule has 6 N–H and O–H groups in total. The summed E-state index contributed by atoms with van der Waals surface area (Å²) >= 11 is 1.85. The van der Waals surface area contributed by atoms with E-state index in [9.17, 15) is 0 Å². The van der Waals surface area contributed by atoms with Crippen molar-refractivity contribution in [3.63, 3.8) is 0 Å². The fourth-order valence-electron chi connectivity index (χ4n) is 4.30. The van der Waals surface area contributed by atoms with Crippen molar-refractivity contribution in [3.8, 4) is 11.3 Å². The molecule has 38 heavy (non-hydrogen) atoms. The van der Waals surface area contributed by atoms with Crippen molar-refractivity contribution in [1.82, 2.24) is 4.57 Å². The van der Waals surface area contributed by atoms with Crippen molar-refractivity contribution < 1.29 is 19.8 Å². The van der Waals surface area contributed by atoms with E-state index in [0.717, 1.165) is 33.4 Å². The molecule has 9 heteroatoms. The van der Waals surface area contributed by atoms with Gasteiger partial charge in [0, 0.05) is 59.9 Å². The zero-order valence-electron chi connectivity index (χ0n) is 21.6. The van der Waals surface area contributed by atoms with Gasteiger partial charge in [-0.05, 0) is 54.9 Å². The van der Waals surface area contributed by atoms with Gasteiger partial charge in [0.1, 0.15) is 0 Å². The molecule has 2 heterocycles. The van der Waals surface area contributed by atoms with E-state index >= 15 is 0 Å². The molecule has 200 valence electrons. The van der Waals surface area contributed by atoms with Crippen molar-refractivity contribution in [2.24, 2.45) is 11.5 Å². The fraction of sp³-hybridized carbons (Fsp3) is 0.241. The number of aliphatic carboxylic acids is 2. The second kappa shape index (κ2) is 13.7. The number of anilines is 2. The Morgan fingerprint density at radius 3 is 2.11 bits per heavy atom. The Morgan fingerprint density at radius 2 is 1.42 bits per heavy atom. The van der Waals surface area contributed by atoms with Gasteiger partial charge in [0.2, 0.25) is 0 Å². The highest BCUT2D eigenvalue weighted by Gasteiger charge is 2.23. The lowest BCUT2D eigenvalue weighted by atomic mass is 10.1. The molecule has 0 amide bonds. The molecule has 1 aliphatic rings. The number of para-hydroxylation sites is 2. The van der Waals surface area contributed by atoms with E-state index in [4.69, 9.17) is 31.3 Å². The molecule has 1 aromatic heterocycles. The Hall–Kier alpha value is -3.79. The zero-order chi connectivity index (χ0) is 27.7. The van der Waals surface area contributed by atoms with Crippen LogP contribution < -0.4 is 16.4 Å². The molecule has 4 aromatic rings. The largest absolute Gasteiger partial charge is 0.481 e. The minimum atomic E-state index is -0.833. The molecule has 1 aliphatic heterocycles. The number of carboxylic acid groups (broad SMARTS) is 2. The number of rotatable bonds is 6. The summed E-state index contributed by atoms with van der Waals surface area (Å²) in [6.45, 7) is 5.20. The molecule has 0 fully saturated rings. The number of aromatic nitrogens is 1. The van der Waals surface area contributed by atoms with Gasteiger partial charge in [0.25, 0.3) is 11.9 Å². The summed E-state index contributed by atoms with van der Waals surface area (Å²) in [4.78, 5) is 23.0. The average Bonchev–Trinajstić information content (AvgIpc) is 3.24. The second-order valence-electron chi connectivity index (χ2n) is 8.61. The van der Waals surface area contributed by atoms with Crippen LogP contribution in [0.2, 0.25) is 0 Å². The van der Waals surface area contributed by atoms with Gasteiger partial charge in [-0.3, -0.25) is 9.59 Å². The SMILES string of the molecule is CC(=O)O.CC(=O)O.NCCCN1c2ccccc2Sc2cc(-c3cc4ccccc4n3CCN)ccc21. The molecule has 0 unspecified atom stereocenters. The fourth-order valence-corrected chi connectivity index (χ4v) is 5.44. The Kier molecular flexibility index (Phi) is 10.3. The number of nitrogens with two attached hydrogens (primary N) is 2. The first kappa shape index (κ1) is 28.8. The molecule has 3 aromatic carbocycles. The number of carboxylic acids is 2. The normalized spacial score (nSPS) is 11.4. The summed E-state index contributed by atoms with van der Waals surface area (Å²) in [5.41, 5.74) is 18.0.